The van der Waals surface area contributed by atoms with Gasteiger partial charge in [-0.05, 0) is 31.2 Å². The molecule has 0 nitrogen and oxygen atoms in total. The Balaban J connectivity index is 2.49. The molecule has 0 N–H and O–H groups in total. The Kier molecular flexibility index (Phi) is 18.4. The summed E-state index contributed by atoms with van der Waals surface area (Å²) in [5.74, 6) is 0. The predicted octanol–water partition coefficient (Wildman–Crippen LogP) is 10.7. The maximum atomic E-state index is 4.19. The molecule has 1 heteroatoms. The van der Waals surface area contributed by atoms with Crippen LogP contribution in [0, 0.1) is 0 Å². The van der Waals surface area contributed by atoms with Crippen LogP contribution < -0.4 is 0 Å². The van der Waals surface area contributed by atoms with E-state index in [1.807, 2.05) is 0 Å². The lowest BCUT2D eigenvalue weighted by atomic mass is 10.1. The van der Waals surface area contributed by atoms with Crippen molar-refractivity contribution in [3.05, 3.63) is 48.6 Å². The highest BCUT2D eigenvalue weighted by atomic mass is 31.2. The summed E-state index contributed by atoms with van der Waals surface area (Å²) < 4.78 is 0. The Morgan fingerprint density at radius 1 is 0.613 bits per heavy atom. The topological polar surface area (TPSA) is 0 Å². The van der Waals surface area contributed by atoms with Gasteiger partial charge in [0.2, 0.25) is 0 Å². The molecule has 1 aromatic carbocycles. The molecule has 0 saturated heterocycles. The van der Waals surface area contributed by atoms with Crippen LogP contribution in [-0.4, -0.2) is 18.5 Å². The molecule has 178 valence electrons. The van der Waals surface area contributed by atoms with Crippen molar-refractivity contribution in [2.45, 2.75) is 123 Å². The summed E-state index contributed by atoms with van der Waals surface area (Å²) in [5, 5.41) is 0. The largest absolute Gasteiger partial charge is 0.0995 e. The molecule has 1 rings (SSSR count). The molecule has 0 unspecified atom stereocenters. The van der Waals surface area contributed by atoms with Crippen LogP contribution in [0.1, 0.15) is 122 Å². The van der Waals surface area contributed by atoms with E-state index in [2.05, 4.69) is 56.8 Å². The normalized spacial score (nSPS) is 11.7. The van der Waals surface area contributed by atoms with Gasteiger partial charge in [-0.1, -0.05) is 134 Å². The molecule has 0 bridgehead atoms. The van der Waals surface area contributed by atoms with Crippen LogP contribution in [-0.2, 0) is 6.16 Å². The van der Waals surface area contributed by atoms with E-state index in [1.54, 1.807) is 5.56 Å². The Labute approximate surface area is 197 Å². The zero-order valence-corrected chi connectivity index (χ0v) is 22.2. The van der Waals surface area contributed by atoms with Gasteiger partial charge in [-0.15, -0.1) is 0 Å². The van der Waals surface area contributed by atoms with E-state index in [1.165, 1.54) is 127 Å². The molecule has 0 atom stereocenters. The summed E-state index contributed by atoms with van der Waals surface area (Å²) in [6.07, 6.45) is 30.7. The number of hydrogen-bond donors (Lipinski definition) is 0. The number of allylic oxidation sites excluding steroid dienone is 1. The molecule has 0 fully saturated rings. The van der Waals surface area contributed by atoms with Crippen LogP contribution in [0.3, 0.4) is 0 Å². The summed E-state index contributed by atoms with van der Waals surface area (Å²) in [6.45, 7) is 8.80. The molecule has 0 aliphatic rings. The Bertz CT molecular complexity index is 486. The van der Waals surface area contributed by atoms with Gasteiger partial charge in [0.1, 0.15) is 0 Å². The van der Waals surface area contributed by atoms with Gasteiger partial charge in [-0.25, -0.2) is 0 Å². The summed E-state index contributed by atoms with van der Waals surface area (Å²) in [7, 11) is -0.969. The minimum atomic E-state index is -0.969. The fraction of sp³-hybridized carbons (Fsp3) is 0.733. The fourth-order valence-corrected chi connectivity index (χ4v) is 9.28. The first-order valence-corrected chi connectivity index (χ1v) is 16.3. The van der Waals surface area contributed by atoms with Gasteiger partial charge in [0.15, 0.2) is 0 Å². The highest BCUT2D eigenvalue weighted by molar-refractivity contribution is 7.75. The minimum absolute atomic E-state index is 0.969. The quantitative estimate of drug-likeness (QED) is 0.0945. The number of benzene rings is 1. The molecular weight excluding hydrogens is 391 g/mol. The first-order valence-electron chi connectivity index (χ1n) is 13.8. The molecule has 0 radical (unpaired) electrons. The van der Waals surface area contributed by atoms with Crippen molar-refractivity contribution in [3.63, 3.8) is 0 Å². The fourth-order valence-electron chi connectivity index (χ4n) is 4.92. The number of unbranched alkanes of at least 4 members (excludes halogenated alkanes) is 14. The SMILES string of the molecule is C=CC[P+](CCCCCCCCCC)(CCCCCCCCCC)Cc1ccccc1. The molecular formula is C30H54P+. The van der Waals surface area contributed by atoms with Crippen LogP contribution in [0.5, 0.6) is 0 Å². The van der Waals surface area contributed by atoms with E-state index in [0.717, 1.165) is 0 Å². The van der Waals surface area contributed by atoms with E-state index >= 15 is 0 Å². The van der Waals surface area contributed by atoms with Crippen LogP contribution in [0.4, 0.5) is 0 Å². The zero-order chi connectivity index (χ0) is 22.5. The van der Waals surface area contributed by atoms with Crippen molar-refractivity contribution in [2.24, 2.45) is 0 Å². The zero-order valence-electron chi connectivity index (χ0n) is 21.3. The molecule has 1 aromatic rings. The second-order valence-electron chi connectivity index (χ2n) is 9.85. The van der Waals surface area contributed by atoms with Crippen LogP contribution in [0.15, 0.2) is 43.0 Å². The summed E-state index contributed by atoms with van der Waals surface area (Å²) in [6, 6.07) is 11.3. The predicted molar refractivity (Wildman–Crippen MR) is 147 cm³/mol. The summed E-state index contributed by atoms with van der Waals surface area (Å²) >= 11 is 0. The average Bonchev–Trinajstić information content (AvgIpc) is 2.78. The molecule has 0 aromatic heterocycles. The van der Waals surface area contributed by atoms with Gasteiger partial charge >= 0.3 is 0 Å². The number of rotatable bonds is 22. The van der Waals surface area contributed by atoms with Crippen LogP contribution >= 0.6 is 7.26 Å². The van der Waals surface area contributed by atoms with Gasteiger partial charge in [0, 0.05) is 7.26 Å². The Morgan fingerprint density at radius 3 is 1.45 bits per heavy atom. The molecule has 0 aliphatic heterocycles. The molecule has 0 saturated carbocycles. The van der Waals surface area contributed by atoms with Gasteiger partial charge in [0.25, 0.3) is 0 Å². The van der Waals surface area contributed by atoms with E-state index in [-0.39, 0.29) is 0 Å². The maximum absolute atomic E-state index is 4.19. The van der Waals surface area contributed by atoms with Crippen LogP contribution in [0.25, 0.3) is 0 Å². The highest BCUT2D eigenvalue weighted by Crippen LogP contribution is 2.62. The smallest absolute Gasteiger partial charge is 0.0846 e. The van der Waals surface area contributed by atoms with E-state index in [0.29, 0.717) is 0 Å². The lowest BCUT2D eigenvalue weighted by molar-refractivity contribution is 0.583. The Hall–Kier alpha value is -0.610. The van der Waals surface area contributed by atoms with Crippen molar-refractivity contribution in [2.75, 3.05) is 18.5 Å². The third kappa shape index (κ3) is 15.0. The molecule has 0 amide bonds. The second kappa shape index (κ2) is 20.0. The second-order valence-corrected chi connectivity index (χ2v) is 14.1. The number of hydrogen-bond acceptors (Lipinski definition) is 0. The Morgan fingerprint density at radius 2 is 1.03 bits per heavy atom. The summed E-state index contributed by atoms with van der Waals surface area (Å²) in [4.78, 5) is 0. The van der Waals surface area contributed by atoms with Gasteiger partial charge in [0.05, 0.1) is 24.6 Å². The third-order valence-corrected chi connectivity index (χ3v) is 11.4. The standard InChI is InChI=1S/C30H54P/c1-4-7-9-11-13-15-17-22-27-31(26-6-3,29-30-24-20-19-21-25-30)28-23-18-16-14-12-10-8-5-2/h6,19-21,24-25H,3-5,7-18,22-23,26-29H2,1-2H3/q+1. The van der Waals surface area contributed by atoms with E-state index < -0.39 is 7.26 Å². The van der Waals surface area contributed by atoms with Gasteiger partial charge in [-0.2, -0.15) is 0 Å². The lowest BCUT2D eigenvalue weighted by Gasteiger charge is -2.27. The van der Waals surface area contributed by atoms with E-state index in [9.17, 15) is 0 Å². The monoisotopic (exact) mass is 445 g/mol. The lowest BCUT2D eigenvalue weighted by Crippen LogP contribution is -2.10. The molecule has 0 heterocycles. The molecule has 0 aliphatic carbocycles. The average molecular weight is 446 g/mol. The molecule has 31 heavy (non-hydrogen) atoms. The van der Waals surface area contributed by atoms with E-state index in [4.69, 9.17) is 0 Å². The van der Waals surface area contributed by atoms with Gasteiger partial charge < -0.3 is 0 Å². The van der Waals surface area contributed by atoms with Crippen molar-refractivity contribution in [3.8, 4) is 0 Å². The molecule has 0 spiro atoms. The van der Waals surface area contributed by atoms with Crippen molar-refractivity contribution in [1.29, 1.82) is 0 Å². The first kappa shape index (κ1) is 28.4. The van der Waals surface area contributed by atoms with Gasteiger partial charge in [-0.3, -0.25) is 0 Å². The van der Waals surface area contributed by atoms with Crippen molar-refractivity contribution >= 4 is 7.26 Å². The first-order chi connectivity index (χ1) is 15.3. The third-order valence-electron chi connectivity index (χ3n) is 6.85. The minimum Gasteiger partial charge on any atom is -0.0995 e. The highest BCUT2D eigenvalue weighted by Gasteiger charge is 2.35. The van der Waals surface area contributed by atoms with Crippen LogP contribution in [0.2, 0.25) is 0 Å². The summed E-state index contributed by atoms with van der Waals surface area (Å²) in [5.41, 5.74) is 1.57. The maximum Gasteiger partial charge on any atom is 0.0846 e. The van der Waals surface area contributed by atoms with Crippen molar-refractivity contribution < 1.29 is 0 Å². The van der Waals surface area contributed by atoms with Crippen molar-refractivity contribution in [1.82, 2.24) is 0 Å².